The van der Waals surface area contributed by atoms with E-state index in [2.05, 4.69) is 6.58 Å². The summed E-state index contributed by atoms with van der Waals surface area (Å²) in [4.78, 5) is 11.4. The fourth-order valence-corrected chi connectivity index (χ4v) is 0.662. The first-order valence-corrected chi connectivity index (χ1v) is 4.08. The number of hydrogen-bond acceptors (Lipinski definition) is 2. The van der Waals surface area contributed by atoms with Crippen molar-refractivity contribution >= 4 is 5.78 Å². The summed E-state index contributed by atoms with van der Waals surface area (Å²) < 4.78 is 0. The van der Waals surface area contributed by atoms with Crippen molar-refractivity contribution in [3.8, 4) is 0 Å². The topological polar surface area (TPSA) is 37.3 Å². The van der Waals surface area contributed by atoms with Crippen LogP contribution >= 0.6 is 0 Å². The van der Waals surface area contributed by atoms with E-state index in [1.807, 2.05) is 20.8 Å². The van der Waals surface area contributed by atoms with Gasteiger partial charge in [-0.15, -0.1) is 6.58 Å². The van der Waals surface area contributed by atoms with E-state index in [1.165, 1.54) is 6.08 Å². The van der Waals surface area contributed by atoms with E-state index < -0.39 is 5.60 Å². The summed E-state index contributed by atoms with van der Waals surface area (Å²) in [7, 11) is 0. The van der Waals surface area contributed by atoms with Crippen LogP contribution in [0.2, 0.25) is 0 Å². The molecule has 0 spiro atoms. The highest BCUT2D eigenvalue weighted by atomic mass is 16.3. The molecule has 12 heavy (non-hydrogen) atoms. The van der Waals surface area contributed by atoms with E-state index in [-0.39, 0.29) is 17.6 Å². The van der Waals surface area contributed by atoms with Crippen molar-refractivity contribution in [3.63, 3.8) is 0 Å². The summed E-state index contributed by atoms with van der Waals surface area (Å²) in [6.07, 6.45) is 1.54. The van der Waals surface area contributed by atoms with E-state index in [0.717, 1.165) is 0 Å². The smallest absolute Gasteiger partial charge is 0.141 e. The fraction of sp³-hybridized carbons (Fsp3) is 0.700. The minimum absolute atomic E-state index is 0.0485. The van der Waals surface area contributed by atoms with Crippen LogP contribution in [0.1, 0.15) is 34.1 Å². The predicted octanol–water partition coefficient (Wildman–Crippen LogP) is 1.93. The summed E-state index contributed by atoms with van der Waals surface area (Å²) in [6.45, 7) is 10.6. The molecule has 0 aliphatic rings. The van der Waals surface area contributed by atoms with Crippen molar-refractivity contribution in [2.24, 2.45) is 5.41 Å². The molecular formula is C10H18O2. The second kappa shape index (κ2) is 3.40. The van der Waals surface area contributed by atoms with Crippen molar-refractivity contribution in [1.82, 2.24) is 0 Å². The van der Waals surface area contributed by atoms with Crippen LogP contribution in [0.5, 0.6) is 0 Å². The molecule has 0 saturated carbocycles. The highest BCUT2D eigenvalue weighted by Crippen LogP contribution is 2.22. The number of aliphatic hydroxyl groups is 1. The molecule has 1 unspecified atom stereocenters. The first kappa shape index (κ1) is 11.4. The number of Topliss-reactive ketones (excluding diaryl/α,β-unsaturated/α-hetero) is 1. The maximum absolute atomic E-state index is 11.4. The quantitative estimate of drug-likeness (QED) is 0.657. The van der Waals surface area contributed by atoms with Gasteiger partial charge in [0, 0.05) is 11.8 Å². The van der Waals surface area contributed by atoms with Gasteiger partial charge in [0.05, 0.1) is 5.60 Å². The first-order valence-electron chi connectivity index (χ1n) is 4.08. The van der Waals surface area contributed by atoms with Gasteiger partial charge in [-0.05, 0) is 6.92 Å². The molecule has 0 aromatic carbocycles. The van der Waals surface area contributed by atoms with Crippen LogP contribution < -0.4 is 0 Å². The lowest BCUT2D eigenvalue weighted by Gasteiger charge is -2.23. The van der Waals surface area contributed by atoms with Crippen LogP contribution in [0, 0.1) is 5.41 Å². The SMILES string of the molecule is C=CC(C)(O)CC(=O)C(C)(C)C. The molecule has 0 rings (SSSR count). The Bertz CT molecular complexity index is 185. The number of rotatable bonds is 3. The van der Waals surface area contributed by atoms with Gasteiger partial charge >= 0.3 is 0 Å². The van der Waals surface area contributed by atoms with Gasteiger partial charge in [-0.3, -0.25) is 4.79 Å². The summed E-state index contributed by atoms with van der Waals surface area (Å²) in [5.74, 6) is 0.0485. The minimum atomic E-state index is -1.07. The normalized spacial score (nSPS) is 16.8. The first-order chi connectivity index (χ1) is 5.19. The summed E-state index contributed by atoms with van der Waals surface area (Å²) in [5.41, 5.74) is -1.45. The van der Waals surface area contributed by atoms with Crippen LogP contribution in [0.3, 0.4) is 0 Å². The summed E-state index contributed by atoms with van der Waals surface area (Å²) in [5, 5.41) is 9.52. The Kier molecular flexibility index (Phi) is 3.22. The molecule has 0 aliphatic carbocycles. The molecule has 1 atom stereocenters. The third kappa shape index (κ3) is 3.67. The highest BCUT2D eigenvalue weighted by molar-refractivity contribution is 5.84. The third-order valence-corrected chi connectivity index (χ3v) is 1.79. The van der Waals surface area contributed by atoms with Gasteiger partial charge in [0.15, 0.2) is 0 Å². The van der Waals surface area contributed by atoms with Gasteiger partial charge < -0.3 is 5.11 Å². The lowest BCUT2D eigenvalue weighted by molar-refractivity contribution is -0.129. The zero-order valence-electron chi connectivity index (χ0n) is 8.35. The van der Waals surface area contributed by atoms with Crippen molar-refractivity contribution < 1.29 is 9.90 Å². The second-order valence-corrected chi connectivity index (χ2v) is 4.41. The van der Waals surface area contributed by atoms with E-state index in [0.29, 0.717) is 0 Å². The van der Waals surface area contributed by atoms with Crippen LogP contribution in [0.25, 0.3) is 0 Å². The molecule has 0 bridgehead atoms. The Morgan fingerprint density at radius 1 is 1.42 bits per heavy atom. The Hall–Kier alpha value is -0.630. The van der Waals surface area contributed by atoms with Gasteiger partial charge in [-0.25, -0.2) is 0 Å². The highest BCUT2D eigenvalue weighted by Gasteiger charge is 2.28. The zero-order valence-corrected chi connectivity index (χ0v) is 8.35. The van der Waals surface area contributed by atoms with Gasteiger partial charge in [-0.2, -0.15) is 0 Å². The maximum atomic E-state index is 11.4. The molecular weight excluding hydrogens is 152 g/mol. The third-order valence-electron chi connectivity index (χ3n) is 1.79. The lowest BCUT2D eigenvalue weighted by Crippen LogP contribution is -2.31. The average molecular weight is 170 g/mol. The van der Waals surface area contributed by atoms with Crippen molar-refractivity contribution in [1.29, 1.82) is 0 Å². The molecule has 2 nitrogen and oxygen atoms in total. The molecule has 0 aromatic heterocycles. The summed E-state index contributed by atoms with van der Waals surface area (Å²) in [6, 6.07) is 0. The predicted molar refractivity (Wildman–Crippen MR) is 49.9 cm³/mol. The molecule has 0 heterocycles. The number of carbonyl (C=O) groups is 1. The molecule has 0 saturated heterocycles. The largest absolute Gasteiger partial charge is 0.386 e. The van der Waals surface area contributed by atoms with Crippen LogP contribution in [-0.2, 0) is 4.79 Å². The minimum Gasteiger partial charge on any atom is -0.386 e. The second-order valence-electron chi connectivity index (χ2n) is 4.41. The number of carbonyl (C=O) groups excluding carboxylic acids is 1. The van der Waals surface area contributed by atoms with Gasteiger partial charge in [0.2, 0.25) is 0 Å². The van der Waals surface area contributed by atoms with Crippen molar-refractivity contribution in [2.45, 2.75) is 39.7 Å². The molecule has 0 amide bonds. The average Bonchev–Trinajstić information content (AvgIpc) is 1.85. The molecule has 70 valence electrons. The van der Waals surface area contributed by atoms with E-state index in [1.54, 1.807) is 6.92 Å². The number of ketones is 1. The standard InChI is InChI=1S/C10H18O2/c1-6-10(5,12)7-8(11)9(2,3)4/h6,12H,1,7H2,2-5H3. The Labute approximate surface area is 74.3 Å². The van der Waals surface area contributed by atoms with Crippen LogP contribution in [0.4, 0.5) is 0 Å². The van der Waals surface area contributed by atoms with E-state index in [4.69, 9.17) is 0 Å². The van der Waals surface area contributed by atoms with Crippen molar-refractivity contribution in [3.05, 3.63) is 12.7 Å². The van der Waals surface area contributed by atoms with Crippen LogP contribution in [0.15, 0.2) is 12.7 Å². The monoisotopic (exact) mass is 170 g/mol. The molecule has 0 fully saturated rings. The molecule has 2 heteroatoms. The van der Waals surface area contributed by atoms with Gasteiger partial charge in [0.1, 0.15) is 5.78 Å². The Balaban J connectivity index is 4.29. The molecule has 0 radical (unpaired) electrons. The van der Waals surface area contributed by atoms with Crippen LogP contribution in [-0.4, -0.2) is 16.5 Å². The zero-order chi connectivity index (χ0) is 9.99. The van der Waals surface area contributed by atoms with E-state index >= 15 is 0 Å². The Morgan fingerprint density at radius 3 is 2.08 bits per heavy atom. The van der Waals surface area contributed by atoms with Gasteiger partial charge in [-0.1, -0.05) is 26.8 Å². The van der Waals surface area contributed by atoms with Crippen molar-refractivity contribution in [2.75, 3.05) is 0 Å². The molecule has 0 aliphatic heterocycles. The molecule has 1 N–H and O–H groups in total. The Morgan fingerprint density at radius 2 is 1.83 bits per heavy atom. The lowest BCUT2D eigenvalue weighted by atomic mass is 9.84. The van der Waals surface area contributed by atoms with E-state index in [9.17, 15) is 9.90 Å². The fourth-order valence-electron chi connectivity index (χ4n) is 0.662. The number of hydrogen-bond donors (Lipinski definition) is 1. The summed E-state index contributed by atoms with van der Waals surface area (Å²) >= 11 is 0. The van der Waals surface area contributed by atoms with Gasteiger partial charge in [0.25, 0.3) is 0 Å². The molecule has 0 aromatic rings. The maximum Gasteiger partial charge on any atom is 0.141 e.